The molecule has 3 unspecified atom stereocenters. The molecule has 4 atom stereocenters. The van der Waals surface area contributed by atoms with E-state index in [9.17, 15) is 19.6 Å². The lowest BCUT2D eigenvalue weighted by molar-refractivity contribution is -0.129. The Hall–Kier alpha value is -3.49. The lowest BCUT2D eigenvalue weighted by Crippen LogP contribution is -2.62. The summed E-state index contributed by atoms with van der Waals surface area (Å²) in [5, 5.41) is 19.2. The molecular weight excluding hydrogens is 540 g/mol. The second kappa shape index (κ2) is 11.4. The Bertz CT molecular complexity index is 1360. The van der Waals surface area contributed by atoms with E-state index in [1.165, 1.54) is 11.8 Å². The molecule has 5 aliphatic rings. The van der Waals surface area contributed by atoms with E-state index in [2.05, 4.69) is 22.0 Å². The fourth-order valence-electron chi connectivity index (χ4n) is 6.41. The summed E-state index contributed by atoms with van der Waals surface area (Å²) in [6.07, 6.45) is 6.12. The molecular formula is C30H36N6O4S. The summed E-state index contributed by atoms with van der Waals surface area (Å²) in [7, 11) is 0. The molecule has 0 spiro atoms. The molecule has 4 amide bonds. The van der Waals surface area contributed by atoms with Crippen LogP contribution in [0.1, 0.15) is 44.6 Å². The first-order valence-corrected chi connectivity index (χ1v) is 15.5. The van der Waals surface area contributed by atoms with Crippen LogP contribution in [0.25, 0.3) is 0 Å². The van der Waals surface area contributed by atoms with E-state index in [0.717, 1.165) is 55.6 Å². The number of urea groups is 1. The van der Waals surface area contributed by atoms with Crippen molar-refractivity contribution < 1.29 is 19.1 Å². The predicted octanol–water partition coefficient (Wildman–Crippen LogP) is 3.15. The number of likely N-dealkylation sites (tertiary alicyclic amines) is 1. The Morgan fingerprint density at radius 2 is 2.10 bits per heavy atom. The maximum absolute atomic E-state index is 13.6. The van der Waals surface area contributed by atoms with Gasteiger partial charge in [-0.25, -0.2) is 4.79 Å². The van der Waals surface area contributed by atoms with Crippen molar-refractivity contribution >= 4 is 35.3 Å². The summed E-state index contributed by atoms with van der Waals surface area (Å²) in [5.74, 6) is 0.587. The van der Waals surface area contributed by atoms with Gasteiger partial charge in [-0.05, 0) is 82.2 Å². The maximum Gasteiger partial charge on any atom is 0.326 e. The third kappa shape index (κ3) is 5.43. The quantitative estimate of drug-likeness (QED) is 0.336. The molecule has 6 rings (SSSR count). The number of aryl methyl sites for hydroxylation is 1. The Morgan fingerprint density at radius 1 is 1.27 bits per heavy atom. The van der Waals surface area contributed by atoms with Gasteiger partial charge in [-0.2, -0.15) is 5.26 Å². The van der Waals surface area contributed by atoms with Gasteiger partial charge in [-0.3, -0.25) is 14.5 Å². The largest absolute Gasteiger partial charge is 0.494 e. The van der Waals surface area contributed by atoms with Gasteiger partial charge < -0.3 is 25.6 Å². The summed E-state index contributed by atoms with van der Waals surface area (Å²) >= 11 is 1.47. The van der Waals surface area contributed by atoms with E-state index in [-0.39, 0.29) is 46.8 Å². The molecule has 4 fully saturated rings. The highest BCUT2D eigenvalue weighted by Crippen LogP contribution is 2.48. The molecule has 11 heteroatoms. The van der Waals surface area contributed by atoms with Crippen LogP contribution in [0.3, 0.4) is 0 Å². The number of nitrogens with zero attached hydrogens (tertiary/aromatic N) is 3. The van der Waals surface area contributed by atoms with Crippen molar-refractivity contribution in [2.75, 3.05) is 31.1 Å². The van der Waals surface area contributed by atoms with Crippen LogP contribution in [0, 0.1) is 30.1 Å². The Labute approximate surface area is 244 Å². The van der Waals surface area contributed by atoms with Gasteiger partial charge in [0.15, 0.2) is 0 Å². The molecule has 3 N–H and O–H groups in total. The van der Waals surface area contributed by atoms with Gasteiger partial charge in [0.1, 0.15) is 17.4 Å². The minimum Gasteiger partial charge on any atom is -0.494 e. The number of benzene rings is 1. The van der Waals surface area contributed by atoms with Gasteiger partial charge >= 0.3 is 6.03 Å². The number of carbonyl (C=O) groups excluding carboxylic acids is 3. The molecule has 4 heterocycles. The Morgan fingerprint density at radius 3 is 2.83 bits per heavy atom. The highest BCUT2D eigenvalue weighted by Gasteiger charge is 2.52. The number of hydrogen-bond acceptors (Lipinski definition) is 7. The second-order valence-corrected chi connectivity index (χ2v) is 12.5. The van der Waals surface area contributed by atoms with Crippen molar-refractivity contribution in [2.45, 2.75) is 63.4 Å². The molecule has 0 bridgehead atoms. The molecule has 4 aliphatic heterocycles. The predicted molar refractivity (Wildman–Crippen MR) is 156 cm³/mol. The third-order valence-corrected chi connectivity index (χ3v) is 9.86. The molecule has 1 aromatic rings. The first-order valence-electron chi connectivity index (χ1n) is 14.6. The van der Waals surface area contributed by atoms with E-state index in [1.807, 2.05) is 36.9 Å². The number of nitriles is 1. The van der Waals surface area contributed by atoms with Gasteiger partial charge in [0.2, 0.25) is 0 Å². The van der Waals surface area contributed by atoms with E-state index >= 15 is 0 Å². The number of amides is 4. The molecule has 216 valence electrons. The topological polar surface area (TPSA) is 127 Å². The number of allylic oxidation sites excluding steroid dienone is 1. The number of ether oxygens (including phenoxy) is 1. The summed E-state index contributed by atoms with van der Waals surface area (Å²) in [5.41, 5.74) is 2.69. The minimum atomic E-state index is -0.252. The third-order valence-electron chi connectivity index (χ3n) is 8.51. The summed E-state index contributed by atoms with van der Waals surface area (Å²) in [6, 6.07) is 7.33. The van der Waals surface area contributed by atoms with Gasteiger partial charge in [0, 0.05) is 36.4 Å². The lowest BCUT2D eigenvalue weighted by Gasteiger charge is -2.46. The average molecular weight is 577 g/mol. The minimum absolute atomic E-state index is 0.0224. The summed E-state index contributed by atoms with van der Waals surface area (Å²) < 4.78 is 5.64. The van der Waals surface area contributed by atoms with Crippen LogP contribution < -0.4 is 25.6 Å². The Kier molecular flexibility index (Phi) is 7.70. The van der Waals surface area contributed by atoms with Crippen LogP contribution in [0.2, 0.25) is 0 Å². The number of thioether (sulfide) groups is 1. The molecule has 10 nitrogen and oxygen atoms in total. The highest BCUT2D eigenvalue weighted by molar-refractivity contribution is 8.04. The number of anilines is 1. The Balaban J connectivity index is 1.18. The van der Waals surface area contributed by atoms with E-state index in [4.69, 9.17) is 4.74 Å². The zero-order chi connectivity index (χ0) is 28.7. The van der Waals surface area contributed by atoms with Crippen molar-refractivity contribution in [3.63, 3.8) is 0 Å². The molecule has 1 aliphatic carbocycles. The fourth-order valence-corrected chi connectivity index (χ4v) is 7.81. The normalized spacial score (nSPS) is 27.6. The first kappa shape index (κ1) is 27.7. The average Bonchev–Trinajstić information content (AvgIpc) is 3.71. The number of piperidine rings is 2. The van der Waals surface area contributed by atoms with Gasteiger partial charge in [-0.1, -0.05) is 17.8 Å². The number of hydrogen-bond donors (Lipinski definition) is 3. The molecule has 0 aromatic heterocycles. The van der Waals surface area contributed by atoms with E-state index in [1.54, 1.807) is 11.0 Å². The van der Waals surface area contributed by atoms with Gasteiger partial charge in [-0.15, -0.1) is 0 Å². The van der Waals surface area contributed by atoms with E-state index < -0.39 is 0 Å². The van der Waals surface area contributed by atoms with Crippen LogP contribution in [0.5, 0.6) is 5.75 Å². The van der Waals surface area contributed by atoms with Crippen molar-refractivity contribution in [1.82, 2.24) is 20.9 Å². The molecule has 0 radical (unpaired) electrons. The van der Waals surface area contributed by atoms with Gasteiger partial charge in [0.05, 0.1) is 22.9 Å². The van der Waals surface area contributed by atoms with Crippen molar-refractivity contribution in [3.8, 4) is 11.8 Å². The zero-order valence-corrected chi connectivity index (χ0v) is 24.3. The highest BCUT2D eigenvalue weighted by atomic mass is 32.2. The lowest BCUT2D eigenvalue weighted by atomic mass is 9.86. The summed E-state index contributed by atoms with van der Waals surface area (Å²) in [4.78, 5) is 44.2. The van der Waals surface area contributed by atoms with Crippen molar-refractivity contribution in [2.24, 2.45) is 11.8 Å². The SMILES string of the molecule is CCOc1ccc(N2C(=O)NC3=C(C(=O)N[C@@H]4CCCN(C(=O)/C(C#N)=C/C5CC5)C4)SC4NCCC2C34)c(C)c1. The van der Waals surface area contributed by atoms with Gasteiger partial charge in [0.25, 0.3) is 11.8 Å². The fraction of sp³-hybridized carbons (Fsp3) is 0.533. The molecule has 41 heavy (non-hydrogen) atoms. The van der Waals surface area contributed by atoms with Crippen molar-refractivity contribution in [3.05, 3.63) is 46.0 Å². The number of rotatable bonds is 7. The smallest absolute Gasteiger partial charge is 0.326 e. The molecule has 1 saturated carbocycles. The number of carbonyl (C=O) groups is 3. The summed E-state index contributed by atoms with van der Waals surface area (Å²) in [6.45, 7) is 6.19. The van der Waals surface area contributed by atoms with Crippen LogP contribution >= 0.6 is 11.8 Å². The zero-order valence-electron chi connectivity index (χ0n) is 23.4. The first-order chi connectivity index (χ1) is 19.9. The van der Waals surface area contributed by atoms with Crippen LogP contribution in [-0.4, -0.2) is 66.4 Å². The second-order valence-electron chi connectivity index (χ2n) is 11.4. The van der Waals surface area contributed by atoms with Crippen LogP contribution in [-0.2, 0) is 9.59 Å². The standard InChI is InChI=1S/C30H36N6O4S/c1-3-40-21-8-9-22(17(2)13-21)36-23-10-11-32-28-24(23)25(34-30(36)39)26(41-28)27(37)33-20-5-4-12-35(16-20)29(38)19(15-31)14-18-6-7-18/h8-9,13-14,18,20,23-24,28,32H,3-7,10-12,16H2,1-2H3,(H,33,37)(H,34,39)/b19-14+/t20-,23?,24?,28?/m1/s1. The molecule has 1 aromatic carbocycles. The maximum atomic E-state index is 13.6. The molecule has 3 saturated heterocycles. The van der Waals surface area contributed by atoms with E-state index in [0.29, 0.717) is 36.2 Å². The monoisotopic (exact) mass is 576 g/mol. The van der Waals surface area contributed by atoms with Crippen molar-refractivity contribution in [1.29, 1.82) is 5.26 Å². The van der Waals surface area contributed by atoms with Crippen LogP contribution in [0.15, 0.2) is 40.5 Å². The number of nitrogens with one attached hydrogen (secondary N) is 3. The van der Waals surface area contributed by atoms with Crippen LogP contribution in [0.4, 0.5) is 10.5 Å².